The lowest BCUT2D eigenvalue weighted by Gasteiger charge is -2.29. The predicted molar refractivity (Wildman–Crippen MR) is 151 cm³/mol. The Hall–Kier alpha value is -3.73. The van der Waals surface area contributed by atoms with Crippen LogP contribution in [0.25, 0.3) is 11.3 Å². The number of anilines is 2. The van der Waals surface area contributed by atoms with Crippen molar-refractivity contribution in [1.82, 2.24) is 19.7 Å². The lowest BCUT2D eigenvalue weighted by Crippen LogP contribution is -2.37. The quantitative estimate of drug-likeness (QED) is 0.435. The zero-order valence-corrected chi connectivity index (χ0v) is 22.3. The highest BCUT2D eigenvalue weighted by Gasteiger charge is 2.33. The molecule has 0 unspecified atom stereocenters. The highest BCUT2D eigenvalue weighted by molar-refractivity contribution is 7.90. The highest BCUT2D eigenvalue weighted by atomic mass is 32.2. The summed E-state index contributed by atoms with van der Waals surface area (Å²) in [7, 11) is -4.24. The van der Waals surface area contributed by atoms with Crippen LogP contribution in [0.4, 0.5) is 11.6 Å². The largest absolute Gasteiger partial charge is 0.489 e. The van der Waals surface area contributed by atoms with Crippen LogP contribution in [0, 0.1) is 0 Å². The first-order chi connectivity index (χ1) is 18.2. The first-order valence-corrected chi connectivity index (χ1v) is 14.4. The van der Waals surface area contributed by atoms with Gasteiger partial charge in [-0.1, -0.05) is 6.07 Å². The average Bonchev–Trinajstić information content (AvgIpc) is 3.52. The van der Waals surface area contributed by atoms with Crippen molar-refractivity contribution in [3.8, 4) is 17.0 Å². The summed E-state index contributed by atoms with van der Waals surface area (Å²) in [6.45, 7) is 4.15. The monoisotopic (exact) mass is 542 g/mol. The molecule has 3 N–H and O–H groups in total. The topological polar surface area (TPSA) is 140 Å². The Morgan fingerprint density at radius 2 is 1.79 bits per heavy atom. The van der Waals surface area contributed by atoms with Crippen molar-refractivity contribution in [2.24, 2.45) is 0 Å². The van der Waals surface area contributed by atoms with Crippen molar-refractivity contribution >= 4 is 27.6 Å². The molecule has 1 amide bonds. The first kappa shape index (κ1) is 25.9. The molecule has 11 heteroatoms. The van der Waals surface area contributed by atoms with Gasteiger partial charge in [0.1, 0.15) is 17.4 Å². The van der Waals surface area contributed by atoms with Gasteiger partial charge in [-0.05, 0) is 82.7 Å². The summed E-state index contributed by atoms with van der Waals surface area (Å²) in [4.78, 5) is 28.5. The molecule has 206 valence electrons. The number of nitrogens with zero attached hydrogens (tertiary/aromatic N) is 4. The van der Waals surface area contributed by atoms with Crippen LogP contribution in [-0.4, -0.2) is 47.5 Å². The molecule has 3 aromatic heterocycles. The van der Waals surface area contributed by atoms with Crippen molar-refractivity contribution < 1.29 is 22.2 Å². The Kier molecular flexibility index (Phi) is 7.20. The summed E-state index contributed by atoms with van der Waals surface area (Å²) in [6.07, 6.45) is 9.89. The molecule has 1 saturated heterocycles. The van der Waals surface area contributed by atoms with E-state index in [1.165, 1.54) is 31.0 Å². The Labute approximate surface area is 227 Å². The Balaban J connectivity index is 0.00000196. The van der Waals surface area contributed by atoms with E-state index in [1.807, 2.05) is 6.07 Å². The summed E-state index contributed by atoms with van der Waals surface area (Å²) >= 11 is 0. The molecule has 2 aliphatic rings. The number of sulfonamides is 1. The van der Waals surface area contributed by atoms with Crippen LogP contribution < -0.4 is 20.1 Å². The number of aromatic nitrogens is 3. The number of ether oxygens (including phenoxy) is 1. The van der Waals surface area contributed by atoms with Crippen molar-refractivity contribution in [3.63, 3.8) is 0 Å². The Bertz CT molecular complexity index is 1450. The number of nitrogens with one attached hydrogen (secondary N) is 1. The number of carbonyl (C=O) groups is 1. The van der Waals surface area contributed by atoms with Crippen LogP contribution in [0.5, 0.6) is 5.75 Å². The maximum atomic E-state index is 13.4. The minimum atomic E-state index is -4.24. The molecule has 2 fully saturated rings. The van der Waals surface area contributed by atoms with Crippen molar-refractivity contribution in [2.45, 2.75) is 75.6 Å². The molecule has 0 aromatic carbocycles. The van der Waals surface area contributed by atoms with Crippen LogP contribution >= 0.6 is 0 Å². The second-order valence-corrected chi connectivity index (χ2v) is 11.6. The van der Waals surface area contributed by atoms with E-state index in [0.29, 0.717) is 17.3 Å². The summed E-state index contributed by atoms with van der Waals surface area (Å²) in [5, 5.41) is -0.329. The van der Waals surface area contributed by atoms with Crippen molar-refractivity contribution in [1.29, 1.82) is 0 Å². The number of amides is 1. The van der Waals surface area contributed by atoms with Gasteiger partial charge in [-0.15, -0.1) is 0 Å². The van der Waals surface area contributed by atoms with Crippen LogP contribution in [0.3, 0.4) is 0 Å². The SMILES string of the molecule is C[C@@H]1CC[C@H](C)N1c1nc(-c2cncc(OC3CCCC3)c2)ccc1C(=O)NS(=O)(=O)c1cccc(N)n1.[HH].[HH].[HH]. The van der Waals surface area contributed by atoms with Gasteiger partial charge in [0, 0.05) is 28.1 Å². The molecule has 0 bridgehead atoms. The van der Waals surface area contributed by atoms with Crippen LogP contribution in [0.2, 0.25) is 0 Å². The van der Waals surface area contributed by atoms with Crippen LogP contribution in [0.15, 0.2) is 53.8 Å². The van der Waals surface area contributed by atoms with E-state index in [1.54, 1.807) is 24.5 Å². The fourth-order valence-electron chi connectivity index (χ4n) is 5.23. The minimum absolute atomic E-state index is 0. The third kappa shape index (κ3) is 5.42. The van der Waals surface area contributed by atoms with Gasteiger partial charge in [0.15, 0.2) is 5.03 Å². The summed E-state index contributed by atoms with van der Waals surface area (Å²) in [5.41, 5.74) is 7.18. The number of hydrogen-bond acceptors (Lipinski definition) is 9. The number of rotatable bonds is 7. The van der Waals surface area contributed by atoms with Gasteiger partial charge < -0.3 is 15.4 Å². The molecule has 1 aliphatic heterocycles. The van der Waals surface area contributed by atoms with Crippen LogP contribution in [-0.2, 0) is 10.0 Å². The van der Waals surface area contributed by atoms with Gasteiger partial charge >= 0.3 is 0 Å². The second kappa shape index (κ2) is 10.6. The molecule has 4 heterocycles. The highest BCUT2D eigenvalue weighted by Crippen LogP contribution is 2.34. The molecule has 2 atom stereocenters. The molecule has 38 heavy (non-hydrogen) atoms. The smallest absolute Gasteiger partial charge is 0.281 e. The van der Waals surface area contributed by atoms with Gasteiger partial charge in [0.05, 0.1) is 23.6 Å². The van der Waals surface area contributed by atoms with Gasteiger partial charge in [0.25, 0.3) is 15.9 Å². The van der Waals surface area contributed by atoms with Crippen molar-refractivity contribution in [2.75, 3.05) is 10.6 Å². The number of nitrogen functional groups attached to an aromatic ring is 1. The van der Waals surface area contributed by atoms with Gasteiger partial charge in [-0.2, -0.15) is 8.42 Å². The predicted octanol–water partition coefficient (Wildman–Crippen LogP) is 4.68. The lowest BCUT2D eigenvalue weighted by molar-refractivity contribution is 0.0981. The van der Waals surface area contributed by atoms with E-state index in [-0.39, 0.29) is 38.9 Å². The molecular weight excluding hydrogens is 504 g/mol. The maximum Gasteiger partial charge on any atom is 0.281 e. The summed E-state index contributed by atoms with van der Waals surface area (Å²) in [6, 6.07) is 9.69. The molecule has 0 spiro atoms. The number of nitrogens with two attached hydrogens (primary N) is 1. The number of carbonyl (C=O) groups excluding carboxylic acids is 1. The van der Waals surface area contributed by atoms with E-state index < -0.39 is 15.9 Å². The molecular formula is C27H38N6O4S. The van der Waals surface area contributed by atoms with Gasteiger partial charge in [0.2, 0.25) is 0 Å². The minimum Gasteiger partial charge on any atom is -0.489 e. The van der Waals surface area contributed by atoms with Gasteiger partial charge in [-0.25, -0.2) is 14.7 Å². The van der Waals surface area contributed by atoms with Crippen LogP contribution in [0.1, 0.15) is 67.0 Å². The zero-order valence-electron chi connectivity index (χ0n) is 21.5. The third-order valence-corrected chi connectivity index (χ3v) is 8.41. The number of hydrogen-bond donors (Lipinski definition) is 2. The molecule has 3 aromatic rings. The Morgan fingerprint density at radius 1 is 1.05 bits per heavy atom. The first-order valence-electron chi connectivity index (χ1n) is 12.9. The zero-order chi connectivity index (χ0) is 26.9. The maximum absolute atomic E-state index is 13.4. The molecule has 1 saturated carbocycles. The Morgan fingerprint density at radius 3 is 2.50 bits per heavy atom. The standard InChI is InChI=1S/C27H32N6O4S.3H2/c1-17-10-11-18(2)33(17)26-22(27(34)32-38(35,36)25-9-5-8-24(28)31-25)12-13-23(30-26)19-14-21(16-29-15-19)37-20-6-3-4-7-20;;;/h5,8-9,12-18,20H,3-4,6-7,10-11H2,1-2H3,(H2,28,31)(H,32,34);3*1H/t17-,18+;;;. The molecule has 5 rings (SSSR count). The lowest BCUT2D eigenvalue weighted by atomic mass is 10.1. The van der Waals surface area contributed by atoms with E-state index in [4.69, 9.17) is 15.5 Å². The van der Waals surface area contributed by atoms with E-state index in [2.05, 4.69) is 33.4 Å². The van der Waals surface area contributed by atoms with E-state index >= 15 is 0 Å². The average molecular weight is 543 g/mol. The normalized spacial score (nSPS) is 20.0. The van der Waals surface area contributed by atoms with Gasteiger partial charge in [-0.3, -0.25) is 9.78 Å². The van der Waals surface area contributed by atoms with E-state index in [0.717, 1.165) is 31.2 Å². The number of pyridine rings is 3. The third-order valence-electron chi connectivity index (χ3n) is 7.18. The fourth-order valence-corrected chi connectivity index (χ4v) is 6.17. The molecule has 10 nitrogen and oxygen atoms in total. The summed E-state index contributed by atoms with van der Waals surface area (Å²) in [5.74, 6) is 0.365. The fraction of sp³-hybridized carbons (Fsp3) is 0.407. The van der Waals surface area contributed by atoms with Crippen molar-refractivity contribution in [3.05, 3.63) is 54.4 Å². The molecule has 0 radical (unpaired) electrons. The second-order valence-electron chi connectivity index (χ2n) is 10.0. The van der Waals surface area contributed by atoms with E-state index in [9.17, 15) is 13.2 Å². The molecule has 1 aliphatic carbocycles. The summed E-state index contributed by atoms with van der Waals surface area (Å²) < 4.78 is 34.0.